The van der Waals surface area contributed by atoms with E-state index < -0.39 is 152 Å². The zero-order chi connectivity index (χ0) is 53.9. The van der Waals surface area contributed by atoms with Crippen LogP contribution in [-0.2, 0) is 70.4 Å². The normalized spacial score (nSPS) is 14.1. The SMILES string of the molecule is C[C@H](NC(=O)[C@@H](N)CC(=O)O)C(=O)N[C@@H](CC(=O)O)C(=O)N[C@@H](CCC(N)=O)C(=O)N[C@@H](CCCCN)C(=O)N[C@@H](Cc1ccccc1)C(=O)NCC(=O)N[C@@H](Cc1ccccc1)C(=O)N[C@@H](CS)C(=O)O. The smallest absolute Gasteiger partial charge is 0.327 e. The molecule has 2 aromatic carbocycles. The van der Waals surface area contributed by atoms with E-state index in [1.807, 2.05) is 0 Å². The van der Waals surface area contributed by atoms with Crippen molar-refractivity contribution >= 4 is 83.7 Å². The van der Waals surface area contributed by atoms with Crippen LogP contribution >= 0.6 is 12.6 Å². The van der Waals surface area contributed by atoms with Gasteiger partial charge in [0.05, 0.1) is 25.4 Å². The molecule has 2 rings (SSSR count). The highest BCUT2D eigenvalue weighted by Gasteiger charge is 2.34. The molecule has 394 valence electrons. The molecule has 27 heteroatoms. The number of carboxylic acid groups (broad SMARTS) is 3. The Labute approximate surface area is 418 Å². The minimum atomic E-state index is -1.90. The van der Waals surface area contributed by atoms with Crippen LogP contribution in [0.2, 0.25) is 0 Å². The summed E-state index contributed by atoms with van der Waals surface area (Å²) < 4.78 is 0. The Bertz CT molecular complexity index is 2220. The van der Waals surface area contributed by atoms with Crippen LogP contribution < -0.4 is 59.7 Å². The minimum absolute atomic E-state index is 0.0588. The number of primary amides is 1. The Morgan fingerprint density at radius 3 is 1.49 bits per heavy atom. The average molecular weight is 1030 g/mol. The van der Waals surface area contributed by atoms with Crippen molar-refractivity contribution in [1.82, 2.24) is 42.5 Å². The third-order valence-electron chi connectivity index (χ3n) is 10.5. The number of aliphatic carboxylic acids is 3. The number of hydrogen-bond acceptors (Lipinski definition) is 15. The fraction of sp³-hybridized carbons (Fsp3) is 0.467. The summed E-state index contributed by atoms with van der Waals surface area (Å²) in [6.07, 6.45) is -2.53. The summed E-state index contributed by atoms with van der Waals surface area (Å²) in [6.45, 7) is 0.597. The summed E-state index contributed by atoms with van der Waals surface area (Å²) in [5.74, 6) is -13.5. The Kier molecular flexibility index (Phi) is 26.5. The monoisotopic (exact) mass is 1030 g/mol. The van der Waals surface area contributed by atoms with Crippen molar-refractivity contribution in [2.45, 2.75) is 113 Å². The molecule has 0 aliphatic heterocycles. The number of benzene rings is 2. The van der Waals surface area contributed by atoms with E-state index in [1.54, 1.807) is 60.7 Å². The maximum Gasteiger partial charge on any atom is 0.327 e. The van der Waals surface area contributed by atoms with Gasteiger partial charge >= 0.3 is 17.9 Å². The molecule has 0 spiro atoms. The molecule has 0 bridgehead atoms. The van der Waals surface area contributed by atoms with E-state index in [0.717, 1.165) is 6.92 Å². The van der Waals surface area contributed by atoms with Crippen LogP contribution in [-0.4, -0.2) is 154 Å². The molecule has 8 atom stereocenters. The first-order valence-corrected chi connectivity index (χ1v) is 23.2. The van der Waals surface area contributed by atoms with Gasteiger partial charge in [0.1, 0.15) is 42.3 Å². The van der Waals surface area contributed by atoms with E-state index in [9.17, 15) is 67.7 Å². The van der Waals surface area contributed by atoms with Crippen LogP contribution in [0.15, 0.2) is 60.7 Å². The predicted octanol–water partition coefficient (Wildman–Crippen LogP) is -4.31. The maximum atomic E-state index is 14.1. The molecule has 0 saturated heterocycles. The number of carbonyl (C=O) groups excluding carboxylic acids is 9. The maximum absolute atomic E-state index is 14.1. The number of unbranched alkanes of at least 4 members (excludes halogenated alkanes) is 1. The van der Waals surface area contributed by atoms with Gasteiger partial charge in [0.2, 0.25) is 53.2 Å². The quantitative estimate of drug-likeness (QED) is 0.0237. The predicted molar refractivity (Wildman–Crippen MR) is 258 cm³/mol. The van der Waals surface area contributed by atoms with Gasteiger partial charge in [-0.25, -0.2) is 4.79 Å². The Hall–Kier alpha value is -7.65. The van der Waals surface area contributed by atoms with Crippen molar-refractivity contribution in [2.24, 2.45) is 17.2 Å². The summed E-state index contributed by atoms with van der Waals surface area (Å²) >= 11 is 3.97. The van der Waals surface area contributed by atoms with Crippen LogP contribution in [0, 0.1) is 0 Å². The van der Waals surface area contributed by atoms with E-state index >= 15 is 0 Å². The molecular formula is C45H63N11O15S. The second kappa shape index (κ2) is 31.6. The van der Waals surface area contributed by atoms with Crippen molar-refractivity contribution in [3.05, 3.63) is 71.8 Å². The molecule has 17 N–H and O–H groups in total. The number of nitrogens with one attached hydrogen (secondary N) is 8. The van der Waals surface area contributed by atoms with Gasteiger partial charge < -0.3 is 75.1 Å². The van der Waals surface area contributed by atoms with Gasteiger partial charge in [-0.2, -0.15) is 12.6 Å². The van der Waals surface area contributed by atoms with Crippen molar-refractivity contribution in [3.63, 3.8) is 0 Å². The van der Waals surface area contributed by atoms with Crippen molar-refractivity contribution in [1.29, 1.82) is 0 Å². The molecule has 72 heavy (non-hydrogen) atoms. The molecule has 0 aliphatic carbocycles. The Morgan fingerprint density at radius 1 is 0.542 bits per heavy atom. The zero-order valence-electron chi connectivity index (χ0n) is 39.3. The summed E-state index contributed by atoms with van der Waals surface area (Å²) in [6, 6.07) is 4.67. The lowest BCUT2D eigenvalue weighted by atomic mass is 10.0. The van der Waals surface area contributed by atoms with Gasteiger partial charge in [0.25, 0.3) is 0 Å². The molecule has 9 amide bonds. The number of nitrogens with two attached hydrogens (primary N) is 3. The molecular weight excluding hydrogens is 967 g/mol. The Balaban J connectivity index is 2.36. The summed E-state index contributed by atoms with van der Waals surface area (Å²) in [5.41, 5.74) is 17.7. The molecule has 0 radical (unpaired) electrons. The van der Waals surface area contributed by atoms with Crippen molar-refractivity contribution in [2.75, 3.05) is 18.8 Å². The molecule has 2 aromatic rings. The number of rotatable bonds is 33. The number of thiol groups is 1. The number of hydrogen-bond donors (Lipinski definition) is 15. The topological polar surface area (TPSA) is 440 Å². The molecule has 0 heterocycles. The van der Waals surface area contributed by atoms with Crippen LogP contribution in [0.4, 0.5) is 0 Å². The summed E-state index contributed by atoms with van der Waals surface area (Å²) in [7, 11) is 0. The molecule has 0 fully saturated rings. The third kappa shape index (κ3) is 22.8. The number of carbonyl (C=O) groups is 12. The fourth-order valence-corrected chi connectivity index (χ4v) is 6.84. The van der Waals surface area contributed by atoms with Crippen molar-refractivity contribution in [3.8, 4) is 0 Å². The van der Waals surface area contributed by atoms with E-state index in [-0.39, 0.29) is 38.0 Å². The molecule has 0 aliphatic rings. The highest BCUT2D eigenvalue weighted by atomic mass is 32.1. The molecule has 0 saturated carbocycles. The molecule has 0 aromatic heterocycles. The highest BCUT2D eigenvalue weighted by Crippen LogP contribution is 2.10. The van der Waals surface area contributed by atoms with Gasteiger partial charge in [-0.3, -0.25) is 52.7 Å². The number of amides is 9. The first-order valence-electron chi connectivity index (χ1n) is 22.5. The van der Waals surface area contributed by atoms with Crippen LogP contribution in [0.5, 0.6) is 0 Å². The standard InChI is InChI=1S/C45H63N11O15S/c1-24(50-39(64)27(47)20-36(59)60)38(63)54-32(21-37(61)62)44(69)53-29(15-16-34(48)57)42(67)52-28(14-8-9-17-46)41(66)55-30(18-25-10-4-2-5-11-25)40(65)49-22-35(58)51-31(19-26-12-6-3-7-13-26)43(68)56-33(23-72)45(70)71/h2-7,10-13,24,27-33,72H,8-9,14-23,46-47H2,1H3,(H2,48,57)(H,49,65)(H,50,64)(H,51,58)(H,52,67)(H,53,69)(H,54,63)(H,55,66)(H,56,68)(H,59,60)(H,61,62)(H,70,71)/t24-,27-,28-,29-,30-,31-,32-,33-/m0/s1. The zero-order valence-corrected chi connectivity index (χ0v) is 40.2. The summed E-state index contributed by atoms with van der Waals surface area (Å²) in [5, 5.41) is 46.8. The van der Waals surface area contributed by atoms with E-state index in [1.165, 1.54) is 0 Å². The largest absolute Gasteiger partial charge is 0.481 e. The number of carboxylic acids is 3. The molecule has 26 nitrogen and oxygen atoms in total. The van der Waals surface area contributed by atoms with Crippen LogP contribution in [0.1, 0.15) is 63.0 Å². The highest BCUT2D eigenvalue weighted by molar-refractivity contribution is 7.80. The van der Waals surface area contributed by atoms with Gasteiger partial charge in [-0.1, -0.05) is 60.7 Å². The van der Waals surface area contributed by atoms with E-state index in [0.29, 0.717) is 17.5 Å². The summed E-state index contributed by atoms with van der Waals surface area (Å²) in [4.78, 5) is 153. The van der Waals surface area contributed by atoms with Crippen LogP contribution in [0.3, 0.4) is 0 Å². The van der Waals surface area contributed by atoms with Gasteiger partial charge in [-0.05, 0) is 50.3 Å². The lowest BCUT2D eigenvalue weighted by Crippen LogP contribution is -2.60. The van der Waals surface area contributed by atoms with Gasteiger partial charge in [0, 0.05) is 25.0 Å². The van der Waals surface area contributed by atoms with E-state index in [4.69, 9.17) is 22.3 Å². The second-order valence-electron chi connectivity index (χ2n) is 16.4. The van der Waals surface area contributed by atoms with Crippen molar-refractivity contribution < 1.29 is 72.9 Å². The van der Waals surface area contributed by atoms with Gasteiger partial charge in [-0.15, -0.1) is 0 Å². The first-order chi connectivity index (χ1) is 34.0. The first kappa shape index (κ1) is 60.5. The van der Waals surface area contributed by atoms with Gasteiger partial charge in [0.15, 0.2) is 0 Å². The Morgan fingerprint density at radius 2 is 1.00 bits per heavy atom. The fourth-order valence-electron chi connectivity index (χ4n) is 6.59. The van der Waals surface area contributed by atoms with Crippen LogP contribution in [0.25, 0.3) is 0 Å². The second-order valence-corrected chi connectivity index (χ2v) is 16.7. The van der Waals surface area contributed by atoms with E-state index in [2.05, 4.69) is 55.2 Å². The average Bonchev–Trinajstić information content (AvgIpc) is 3.32. The lowest BCUT2D eigenvalue weighted by molar-refractivity contribution is -0.142. The third-order valence-corrected chi connectivity index (χ3v) is 10.8. The molecule has 0 unspecified atom stereocenters. The lowest BCUT2D eigenvalue weighted by Gasteiger charge is -2.27. The minimum Gasteiger partial charge on any atom is -0.481 e.